The zero-order chi connectivity index (χ0) is 27.4. The van der Waals surface area contributed by atoms with E-state index in [0.29, 0.717) is 24.3 Å². The Morgan fingerprint density at radius 2 is 2.00 bits per heavy atom. The molecule has 2 aromatic heterocycles. The van der Waals surface area contributed by atoms with Crippen LogP contribution in [0.1, 0.15) is 45.7 Å². The molecule has 12 heteroatoms. The van der Waals surface area contributed by atoms with Gasteiger partial charge in [-0.25, -0.2) is 23.1 Å². The first-order valence-electron chi connectivity index (χ1n) is 12.4. The van der Waals surface area contributed by atoms with Gasteiger partial charge in [-0.1, -0.05) is 17.7 Å². The molecule has 3 aromatic rings. The van der Waals surface area contributed by atoms with Crippen LogP contribution in [0.25, 0.3) is 5.65 Å². The largest absolute Gasteiger partial charge is 0.444 e. The van der Waals surface area contributed by atoms with Crippen molar-refractivity contribution in [2.45, 2.75) is 57.8 Å². The Kier molecular flexibility index (Phi) is 6.37. The van der Waals surface area contributed by atoms with Gasteiger partial charge in [-0.3, -0.25) is 4.79 Å². The number of carbonyl (C=O) groups excluding carboxylic acids is 2. The van der Waals surface area contributed by atoms with Crippen molar-refractivity contribution < 1.29 is 18.7 Å². The number of anilines is 1. The van der Waals surface area contributed by atoms with E-state index in [2.05, 4.69) is 15.3 Å². The van der Waals surface area contributed by atoms with Crippen LogP contribution in [0.5, 0.6) is 0 Å². The average molecular weight is 545 g/mol. The van der Waals surface area contributed by atoms with Crippen LogP contribution in [0, 0.1) is 5.82 Å². The molecule has 0 saturated carbocycles. The maximum Gasteiger partial charge on any atom is 0.410 e. The van der Waals surface area contributed by atoms with Crippen LogP contribution in [0.15, 0.2) is 41.3 Å². The van der Waals surface area contributed by atoms with Crippen LogP contribution in [0.4, 0.5) is 14.9 Å². The second kappa shape index (κ2) is 9.30. The number of amides is 2. The molecule has 38 heavy (non-hydrogen) atoms. The molecule has 202 valence electrons. The van der Waals surface area contributed by atoms with Gasteiger partial charge in [-0.2, -0.15) is 0 Å². The molecule has 2 saturated heterocycles. The Labute approximate surface area is 223 Å². The highest BCUT2D eigenvalue weighted by Gasteiger charge is 2.56. The van der Waals surface area contributed by atoms with Gasteiger partial charge in [0.1, 0.15) is 18.0 Å². The molecule has 1 aromatic carbocycles. The molecular weight excluding hydrogens is 515 g/mol. The van der Waals surface area contributed by atoms with E-state index in [1.807, 2.05) is 26.8 Å². The maximum atomic E-state index is 13.8. The normalized spacial score (nSPS) is 17.2. The molecule has 2 aliphatic rings. The number of nitrogens with one attached hydrogen (secondary N) is 1. The van der Waals surface area contributed by atoms with Crippen LogP contribution < -0.4 is 15.9 Å². The van der Waals surface area contributed by atoms with Gasteiger partial charge in [0.25, 0.3) is 0 Å². The highest BCUT2D eigenvalue weighted by molar-refractivity contribution is 6.30. The van der Waals surface area contributed by atoms with Gasteiger partial charge in [-0.05, 0) is 63.9 Å². The molecule has 0 unspecified atom stereocenters. The van der Waals surface area contributed by atoms with Crippen molar-refractivity contribution in [2.75, 3.05) is 24.5 Å². The van der Waals surface area contributed by atoms with E-state index in [1.54, 1.807) is 30.2 Å². The smallest absolute Gasteiger partial charge is 0.410 e. The zero-order valence-corrected chi connectivity index (χ0v) is 22.5. The first-order chi connectivity index (χ1) is 17.9. The monoisotopic (exact) mass is 544 g/mol. The summed E-state index contributed by atoms with van der Waals surface area (Å²) in [6.07, 6.45) is 2.18. The highest BCUT2D eigenvalue weighted by Crippen LogP contribution is 2.43. The van der Waals surface area contributed by atoms with Crippen LogP contribution in [-0.2, 0) is 16.1 Å². The van der Waals surface area contributed by atoms with E-state index in [0.717, 1.165) is 23.3 Å². The summed E-state index contributed by atoms with van der Waals surface area (Å²) < 4.78 is 21.8. The maximum absolute atomic E-state index is 13.8. The number of carbonyl (C=O) groups is 2. The number of nitrogens with zero attached hydrogens (tertiary/aromatic N) is 5. The molecule has 2 amide bonds. The van der Waals surface area contributed by atoms with Crippen LogP contribution in [-0.4, -0.2) is 61.9 Å². The van der Waals surface area contributed by atoms with Gasteiger partial charge in [0.15, 0.2) is 5.65 Å². The molecule has 4 heterocycles. The Balaban J connectivity index is 1.30. The van der Waals surface area contributed by atoms with Crippen LogP contribution in [0.2, 0.25) is 5.02 Å². The van der Waals surface area contributed by atoms with Crippen molar-refractivity contribution >= 4 is 34.9 Å². The minimum Gasteiger partial charge on any atom is -0.444 e. The van der Waals surface area contributed by atoms with E-state index >= 15 is 0 Å². The fraction of sp³-hybridized carbons (Fsp3) is 0.462. The number of fused-ring (bicyclic) bond motifs is 1. The Hall–Kier alpha value is -3.60. The van der Waals surface area contributed by atoms with Crippen molar-refractivity contribution in [2.24, 2.45) is 0 Å². The predicted molar refractivity (Wildman–Crippen MR) is 140 cm³/mol. The number of ether oxygens (including phenoxy) is 1. The van der Waals surface area contributed by atoms with Gasteiger partial charge in [0.05, 0.1) is 22.3 Å². The van der Waals surface area contributed by atoms with Gasteiger partial charge in [0.2, 0.25) is 5.91 Å². The van der Waals surface area contributed by atoms with E-state index < -0.39 is 29.1 Å². The number of hydrogen-bond acceptors (Lipinski definition) is 6. The quantitative estimate of drug-likeness (QED) is 0.528. The van der Waals surface area contributed by atoms with Crippen molar-refractivity contribution in [3.8, 4) is 0 Å². The minimum atomic E-state index is -0.571. The predicted octanol–water partition coefficient (Wildman–Crippen LogP) is 3.37. The lowest BCUT2D eigenvalue weighted by atomic mass is 9.77. The van der Waals surface area contributed by atoms with Gasteiger partial charge >= 0.3 is 11.8 Å². The summed E-state index contributed by atoms with van der Waals surface area (Å²) in [7, 11) is 0. The third-order valence-corrected chi connectivity index (χ3v) is 7.30. The molecule has 2 fully saturated rings. The lowest BCUT2D eigenvalue weighted by Crippen LogP contribution is -2.78. The number of pyridine rings is 1. The van der Waals surface area contributed by atoms with Gasteiger partial charge < -0.3 is 19.9 Å². The van der Waals surface area contributed by atoms with Gasteiger partial charge in [0, 0.05) is 25.8 Å². The summed E-state index contributed by atoms with van der Waals surface area (Å²) in [6.45, 7) is 8.75. The summed E-state index contributed by atoms with van der Waals surface area (Å²) >= 11 is 5.74. The number of likely N-dealkylation sites (tertiary alicyclic amines) is 1. The van der Waals surface area contributed by atoms with E-state index in [4.69, 9.17) is 16.3 Å². The molecule has 5 rings (SSSR count). The third-order valence-electron chi connectivity index (χ3n) is 6.99. The Morgan fingerprint density at radius 3 is 2.63 bits per heavy atom. The zero-order valence-electron chi connectivity index (χ0n) is 21.7. The molecule has 0 radical (unpaired) electrons. The second-order valence-corrected chi connectivity index (χ2v) is 11.4. The molecule has 1 atom stereocenters. The fourth-order valence-electron chi connectivity index (χ4n) is 4.99. The SMILES string of the molecule is C[C@H](NC(=O)Cn1nc2c(N3CCC34CN(C(=O)OC(C)(C)C)C4)cccn2c1=O)c1ccc(Cl)c(F)c1. The summed E-state index contributed by atoms with van der Waals surface area (Å²) in [5, 5.41) is 7.24. The number of halogens is 2. The molecule has 0 bridgehead atoms. The topological polar surface area (TPSA) is 101 Å². The van der Waals surface area contributed by atoms with Gasteiger partial charge in [-0.15, -0.1) is 5.10 Å². The minimum absolute atomic E-state index is 0.00256. The summed E-state index contributed by atoms with van der Waals surface area (Å²) in [5.41, 5.74) is 0.527. The fourth-order valence-corrected chi connectivity index (χ4v) is 5.11. The average Bonchev–Trinajstić information content (AvgIpc) is 3.09. The molecule has 1 N–H and O–H groups in total. The highest BCUT2D eigenvalue weighted by atomic mass is 35.5. The molecular formula is C26H30ClFN6O4. The van der Waals surface area contributed by atoms with Crippen molar-refractivity contribution in [3.05, 3.63) is 63.4 Å². The Morgan fingerprint density at radius 1 is 1.26 bits per heavy atom. The molecule has 1 spiro atoms. The third kappa shape index (κ3) is 4.70. The summed E-state index contributed by atoms with van der Waals surface area (Å²) in [4.78, 5) is 42.0. The second-order valence-electron chi connectivity index (χ2n) is 11.0. The molecule has 0 aliphatic carbocycles. The summed E-state index contributed by atoms with van der Waals surface area (Å²) in [5.74, 6) is -1.01. The number of rotatable bonds is 5. The van der Waals surface area contributed by atoms with Crippen molar-refractivity contribution in [3.63, 3.8) is 0 Å². The molecule has 2 aliphatic heterocycles. The first-order valence-corrected chi connectivity index (χ1v) is 12.8. The number of benzene rings is 1. The molecule has 10 nitrogen and oxygen atoms in total. The standard InChI is InChI=1S/C26H30ClFN6O4/c1-16(17-7-8-18(27)19(28)12-17)29-21(35)13-34-23(36)32-10-5-6-20(22(32)30-34)33-11-9-26(33)14-31(15-26)24(37)38-25(2,3)4/h5-8,10,12,16H,9,11,13-15H2,1-4H3,(H,29,35)/t16-/m0/s1. The summed E-state index contributed by atoms with van der Waals surface area (Å²) in [6, 6.07) is 7.49. The Bertz CT molecular complexity index is 1470. The van der Waals surface area contributed by atoms with E-state index in [9.17, 15) is 18.8 Å². The van der Waals surface area contributed by atoms with Crippen molar-refractivity contribution in [1.29, 1.82) is 0 Å². The number of hydrogen-bond donors (Lipinski definition) is 1. The first kappa shape index (κ1) is 26.0. The van der Waals surface area contributed by atoms with Crippen molar-refractivity contribution in [1.82, 2.24) is 24.4 Å². The van der Waals surface area contributed by atoms with Crippen LogP contribution >= 0.6 is 11.6 Å². The lowest BCUT2D eigenvalue weighted by molar-refractivity contribution is -0.122. The van der Waals surface area contributed by atoms with E-state index in [-0.39, 0.29) is 23.2 Å². The van der Waals surface area contributed by atoms with E-state index in [1.165, 1.54) is 16.5 Å². The number of aromatic nitrogens is 3. The van der Waals surface area contributed by atoms with Crippen LogP contribution in [0.3, 0.4) is 0 Å². The lowest BCUT2D eigenvalue weighted by Gasteiger charge is -2.63.